The normalized spacial score (nSPS) is 42.4. The topological polar surface area (TPSA) is 41.8 Å². The summed E-state index contributed by atoms with van der Waals surface area (Å²) in [7, 11) is 0. The summed E-state index contributed by atoms with van der Waals surface area (Å²) in [6.07, 6.45) is 6.63. The molecule has 0 radical (unpaired) electrons. The van der Waals surface area contributed by atoms with E-state index >= 15 is 0 Å². The molecule has 1 aliphatic heterocycles. The SMILES string of the molecule is OC1CCC2OC(C3CCC3)=NC2C1. The lowest BCUT2D eigenvalue weighted by atomic mass is 9.85. The number of ether oxygens (including phenoxy) is 1. The Morgan fingerprint density at radius 3 is 2.79 bits per heavy atom. The van der Waals surface area contributed by atoms with Crippen LogP contribution in [0, 0.1) is 5.92 Å². The standard InChI is InChI=1S/C11H17NO2/c13-8-4-5-10-9(6-8)12-11(14-10)7-2-1-3-7/h7-10,13H,1-6H2. The van der Waals surface area contributed by atoms with Crippen molar-refractivity contribution in [3.8, 4) is 0 Å². The number of nitrogens with zero attached hydrogens (tertiary/aromatic N) is 1. The largest absolute Gasteiger partial charge is 0.475 e. The first-order chi connectivity index (χ1) is 6.83. The molecule has 2 aliphatic carbocycles. The van der Waals surface area contributed by atoms with Crippen molar-refractivity contribution in [1.82, 2.24) is 0 Å². The van der Waals surface area contributed by atoms with Gasteiger partial charge < -0.3 is 9.84 Å². The van der Waals surface area contributed by atoms with Gasteiger partial charge in [0, 0.05) is 5.92 Å². The Morgan fingerprint density at radius 2 is 2.07 bits per heavy atom. The fourth-order valence-corrected chi connectivity index (χ4v) is 2.58. The highest BCUT2D eigenvalue weighted by atomic mass is 16.5. The van der Waals surface area contributed by atoms with Crippen molar-refractivity contribution >= 4 is 5.90 Å². The van der Waals surface area contributed by atoms with Gasteiger partial charge in [-0.3, -0.25) is 0 Å². The minimum Gasteiger partial charge on any atom is -0.475 e. The minimum atomic E-state index is -0.149. The Kier molecular flexibility index (Phi) is 2.01. The van der Waals surface area contributed by atoms with Crippen LogP contribution in [0.5, 0.6) is 0 Å². The number of hydrogen-bond donors (Lipinski definition) is 1. The van der Waals surface area contributed by atoms with E-state index in [1.54, 1.807) is 0 Å². The monoisotopic (exact) mass is 195 g/mol. The molecule has 3 aliphatic rings. The fourth-order valence-electron chi connectivity index (χ4n) is 2.58. The number of aliphatic hydroxyl groups is 1. The lowest BCUT2D eigenvalue weighted by Gasteiger charge is -2.28. The van der Waals surface area contributed by atoms with Crippen LogP contribution in [-0.2, 0) is 4.74 Å². The zero-order valence-electron chi connectivity index (χ0n) is 8.35. The van der Waals surface area contributed by atoms with Gasteiger partial charge in [-0.2, -0.15) is 0 Å². The summed E-state index contributed by atoms with van der Waals surface area (Å²) in [6, 6.07) is 0.259. The van der Waals surface area contributed by atoms with Gasteiger partial charge in [0.15, 0.2) is 5.90 Å². The lowest BCUT2D eigenvalue weighted by Crippen LogP contribution is -2.33. The average molecular weight is 195 g/mol. The van der Waals surface area contributed by atoms with Gasteiger partial charge >= 0.3 is 0 Å². The van der Waals surface area contributed by atoms with E-state index in [0.29, 0.717) is 5.92 Å². The van der Waals surface area contributed by atoms with Gasteiger partial charge in [-0.05, 0) is 32.1 Å². The highest BCUT2D eigenvalue weighted by Gasteiger charge is 2.39. The first-order valence-corrected chi connectivity index (χ1v) is 5.75. The first-order valence-electron chi connectivity index (χ1n) is 5.75. The van der Waals surface area contributed by atoms with Crippen molar-refractivity contribution in [2.24, 2.45) is 10.9 Å². The van der Waals surface area contributed by atoms with Gasteiger partial charge in [-0.15, -0.1) is 0 Å². The molecule has 3 atom stereocenters. The zero-order chi connectivity index (χ0) is 9.54. The highest BCUT2D eigenvalue weighted by molar-refractivity contribution is 5.81. The van der Waals surface area contributed by atoms with Crippen LogP contribution in [0.4, 0.5) is 0 Å². The van der Waals surface area contributed by atoms with E-state index in [0.717, 1.165) is 25.2 Å². The van der Waals surface area contributed by atoms with E-state index in [4.69, 9.17) is 4.74 Å². The van der Waals surface area contributed by atoms with Crippen LogP contribution in [0.15, 0.2) is 4.99 Å². The van der Waals surface area contributed by atoms with Gasteiger partial charge in [0.2, 0.25) is 0 Å². The molecule has 0 spiro atoms. The van der Waals surface area contributed by atoms with Crippen LogP contribution in [0.3, 0.4) is 0 Å². The molecule has 2 fully saturated rings. The van der Waals surface area contributed by atoms with Gasteiger partial charge in [-0.25, -0.2) is 4.99 Å². The Hall–Kier alpha value is -0.570. The highest BCUT2D eigenvalue weighted by Crippen LogP contribution is 2.36. The quantitative estimate of drug-likeness (QED) is 0.689. The molecule has 0 aromatic carbocycles. The van der Waals surface area contributed by atoms with Gasteiger partial charge in [0.25, 0.3) is 0 Å². The second-order valence-corrected chi connectivity index (χ2v) is 4.79. The van der Waals surface area contributed by atoms with Crippen LogP contribution < -0.4 is 0 Å². The number of hydrogen-bond acceptors (Lipinski definition) is 3. The smallest absolute Gasteiger partial charge is 0.187 e. The Bertz CT molecular complexity index is 260. The van der Waals surface area contributed by atoms with E-state index in [2.05, 4.69) is 4.99 Å². The van der Waals surface area contributed by atoms with Crippen molar-refractivity contribution in [3.63, 3.8) is 0 Å². The van der Waals surface area contributed by atoms with E-state index in [1.165, 1.54) is 19.3 Å². The molecule has 1 heterocycles. The number of fused-ring (bicyclic) bond motifs is 1. The van der Waals surface area contributed by atoms with Gasteiger partial charge in [-0.1, -0.05) is 6.42 Å². The maximum Gasteiger partial charge on any atom is 0.187 e. The molecular weight excluding hydrogens is 178 g/mol. The molecule has 1 N–H and O–H groups in total. The maximum atomic E-state index is 9.53. The zero-order valence-corrected chi connectivity index (χ0v) is 8.35. The van der Waals surface area contributed by atoms with Crippen LogP contribution in [0.2, 0.25) is 0 Å². The van der Waals surface area contributed by atoms with Crippen molar-refractivity contribution in [2.45, 2.75) is 56.8 Å². The molecule has 0 amide bonds. The predicted molar refractivity (Wildman–Crippen MR) is 53.3 cm³/mol. The molecule has 0 saturated heterocycles. The molecule has 3 nitrogen and oxygen atoms in total. The summed E-state index contributed by atoms with van der Waals surface area (Å²) in [5.74, 6) is 1.61. The summed E-state index contributed by atoms with van der Waals surface area (Å²) in [4.78, 5) is 4.62. The average Bonchev–Trinajstić information content (AvgIpc) is 2.43. The van der Waals surface area contributed by atoms with Crippen LogP contribution in [0.1, 0.15) is 38.5 Å². The lowest BCUT2D eigenvalue weighted by molar-refractivity contribution is 0.0586. The molecule has 0 bridgehead atoms. The van der Waals surface area contributed by atoms with Crippen molar-refractivity contribution in [3.05, 3.63) is 0 Å². The van der Waals surface area contributed by atoms with E-state index in [1.807, 2.05) is 0 Å². The van der Waals surface area contributed by atoms with Crippen LogP contribution >= 0.6 is 0 Å². The molecule has 3 heteroatoms. The molecule has 78 valence electrons. The summed E-state index contributed by atoms with van der Waals surface area (Å²) < 4.78 is 5.86. The molecule has 14 heavy (non-hydrogen) atoms. The van der Waals surface area contributed by atoms with Crippen molar-refractivity contribution in [2.75, 3.05) is 0 Å². The Balaban J connectivity index is 1.69. The molecule has 2 saturated carbocycles. The molecular formula is C11H17NO2. The van der Waals surface area contributed by atoms with Crippen molar-refractivity contribution in [1.29, 1.82) is 0 Å². The third-order valence-corrected chi connectivity index (χ3v) is 3.75. The van der Waals surface area contributed by atoms with E-state index in [9.17, 15) is 5.11 Å². The predicted octanol–water partition coefficient (Wildman–Crippen LogP) is 1.50. The number of rotatable bonds is 1. The molecule has 0 aromatic heterocycles. The Labute approximate surface area is 84.2 Å². The summed E-state index contributed by atoms with van der Waals surface area (Å²) in [5, 5.41) is 9.53. The summed E-state index contributed by atoms with van der Waals surface area (Å²) in [6.45, 7) is 0. The maximum absolute atomic E-state index is 9.53. The first kappa shape index (κ1) is 8.72. The minimum absolute atomic E-state index is 0.149. The van der Waals surface area contributed by atoms with E-state index < -0.39 is 0 Å². The Morgan fingerprint density at radius 1 is 1.21 bits per heavy atom. The van der Waals surface area contributed by atoms with Gasteiger partial charge in [0.05, 0.1) is 12.1 Å². The third kappa shape index (κ3) is 1.34. The second kappa shape index (κ2) is 3.23. The summed E-state index contributed by atoms with van der Waals surface area (Å²) >= 11 is 0. The molecule has 3 unspecified atom stereocenters. The summed E-state index contributed by atoms with van der Waals surface area (Å²) in [5.41, 5.74) is 0. The fraction of sp³-hybridized carbons (Fsp3) is 0.909. The van der Waals surface area contributed by atoms with Crippen molar-refractivity contribution < 1.29 is 9.84 Å². The second-order valence-electron chi connectivity index (χ2n) is 4.79. The van der Waals surface area contributed by atoms with E-state index in [-0.39, 0.29) is 18.2 Å². The van der Waals surface area contributed by atoms with Crippen LogP contribution in [-0.4, -0.2) is 29.3 Å². The third-order valence-electron chi connectivity index (χ3n) is 3.75. The van der Waals surface area contributed by atoms with Crippen LogP contribution in [0.25, 0.3) is 0 Å². The van der Waals surface area contributed by atoms with Gasteiger partial charge in [0.1, 0.15) is 6.10 Å². The number of aliphatic hydroxyl groups excluding tert-OH is 1. The number of aliphatic imine (C=N–C) groups is 1. The molecule has 0 aromatic rings. The molecule has 3 rings (SSSR count).